The number of aromatic nitrogens is 1. The summed E-state index contributed by atoms with van der Waals surface area (Å²) in [4.78, 5) is 7.08. The van der Waals surface area contributed by atoms with Crippen LogP contribution in [0.2, 0.25) is 0 Å². The van der Waals surface area contributed by atoms with Crippen LogP contribution in [0.5, 0.6) is 0 Å². The molecule has 3 nitrogen and oxygen atoms in total. The fraction of sp³-hybridized carbons (Fsp3) is 0.706. The molecule has 2 heterocycles. The smallest absolute Gasteiger partial charge is 0.129 e. The van der Waals surface area contributed by atoms with Crippen LogP contribution < -0.4 is 4.90 Å². The predicted molar refractivity (Wildman–Crippen MR) is 82.0 cm³/mol. The highest BCUT2D eigenvalue weighted by atomic mass is 16.3. The van der Waals surface area contributed by atoms with Gasteiger partial charge in [0.2, 0.25) is 0 Å². The second-order valence-corrected chi connectivity index (χ2v) is 6.76. The van der Waals surface area contributed by atoms with Crippen molar-refractivity contribution in [1.82, 2.24) is 4.98 Å². The second kappa shape index (κ2) is 5.03. The van der Waals surface area contributed by atoms with Crippen molar-refractivity contribution in [3.63, 3.8) is 0 Å². The Morgan fingerprint density at radius 3 is 2.85 bits per heavy atom. The normalized spacial score (nSPS) is 33.3. The first-order valence-corrected chi connectivity index (χ1v) is 7.94. The summed E-state index contributed by atoms with van der Waals surface area (Å²) in [7, 11) is 0. The van der Waals surface area contributed by atoms with Crippen molar-refractivity contribution in [3.8, 4) is 0 Å². The molecule has 0 radical (unpaired) electrons. The number of rotatable bonds is 2. The predicted octanol–water partition coefficient (Wildman–Crippen LogP) is 3.08. The molecule has 3 rings (SSSR count). The molecule has 1 aromatic rings. The molecule has 1 aliphatic carbocycles. The van der Waals surface area contributed by atoms with Gasteiger partial charge < -0.3 is 10.0 Å². The maximum absolute atomic E-state index is 10.9. The zero-order valence-electron chi connectivity index (χ0n) is 12.9. The number of pyridine rings is 1. The topological polar surface area (TPSA) is 36.4 Å². The molecule has 3 heteroatoms. The zero-order chi connectivity index (χ0) is 14.3. The van der Waals surface area contributed by atoms with Crippen LogP contribution in [0.1, 0.15) is 43.9 Å². The van der Waals surface area contributed by atoms with Crippen molar-refractivity contribution >= 4 is 5.82 Å². The molecule has 0 amide bonds. The highest BCUT2D eigenvalue weighted by molar-refractivity contribution is 5.44. The molecule has 1 saturated carbocycles. The van der Waals surface area contributed by atoms with Crippen LogP contribution in [0, 0.1) is 25.7 Å². The van der Waals surface area contributed by atoms with Crippen molar-refractivity contribution in [1.29, 1.82) is 0 Å². The Hall–Kier alpha value is -1.09. The molecule has 3 atom stereocenters. The molecule has 0 unspecified atom stereocenters. The van der Waals surface area contributed by atoms with E-state index in [1.54, 1.807) is 0 Å². The Balaban J connectivity index is 1.85. The molecule has 0 aromatic carbocycles. The van der Waals surface area contributed by atoms with E-state index < -0.39 is 5.60 Å². The molecule has 0 bridgehead atoms. The van der Waals surface area contributed by atoms with Crippen LogP contribution in [-0.4, -0.2) is 28.8 Å². The number of fused-ring (bicyclic) bond motifs is 1. The molecule has 20 heavy (non-hydrogen) atoms. The summed E-state index contributed by atoms with van der Waals surface area (Å²) >= 11 is 0. The highest BCUT2D eigenvalue weighted by Gasteiger charge is 2.47. The number of aliphatic hydroxyl groups is 1. The van der Waals surface area contributed by atoms with Crippen molar-refractivity contribution in [2.24, 2.45) is 11.8 Å². The molecule has 1 aliphatic heterocycles. The van der Waals surface area contributed by atoms with Gasteiger partial charge in [-0.25, -0.2) is 4.98 Å². The summed E-state index contributed by atoms with van der Waals surface area (Å²) < 4.78 is 0. The van der Waals surface area contributed by atoms with Crippen LogP contribution in [0.25, 0.3) is 0 Å². The van der Waals surface area contributed by atoms with Crippen LogP contribution in [-0.2, 0) is 0 Å². The second-order valence-electron chi connectivity index (χ2n) is 6.76. The minimum atomic E-state index is -0.448. The summed E-state index contributed by atoms with van der Waals surface area (Å²) in [5, 5.41) is 10.9. The van der Waals surface area contributed by atoms with Gasteiger partial charge in [0.15, 0.2) is 0 Å². The Bertz CT molecular complexity index is 482. The largest absolute Gasteiger partial charge is 0.390 e. The lowest BCUT2D eigenvalue weighted by molar-refractivity contribution is -0.0597. The molecule has 1 saturated heterocycles. The maximum atomic E-state index is 10.9. The van der Waals surface area contributed by atoms with Crippen molar-refractivity contribution in [2.45, 2.75) is 52.1 Å². The van der Waals surface area contributed by atoms with E-state index in [1.807, 2.05) is 0 Å². The van der Waals surface area contributed by atoms with Crippen LogP contribution >= 0.6 is 0 Å². The van der Waals surface area contributed by atoms with Crippen LogP contribution in [0.3, 0.4) is 0 Å². The Labute approximate surface area is 122 Å². The van der Waals surface area contributed by atoms with E-state index >= 15 is 0 Å². The molecular formula is C17H26N2O. The Kier molecular flexibility index (Phi) is 3.49. The molecule has 0 spiro atoms. The summed E-state index contributed by atoms with van der Waals surface area (Å²) in [6.07, 6.45) is 4.27. The van der Waals surface area contributed by atoms with Gasteiger partial charge in [-0.3, -0.25) is 0 Å². The van der Waals surface area contributed by atoms with Crippen LogP contribution in [0.4, 0.5) is 5.82 Å². The summed E-state index contributed by atoms with van der Waals surface area (Å²) in [6, 6.07) is 4.30. The molecule has 1 N–H and O–H groups in total. The Morgan fingerprint density at radius 1 is 1.35 bits per heavy atom. The van der Waals surface area contributed by atoms with Gasteiger partial charge in [0.05, 0.1) is 5.60 Å². The van der Waals surface area contributed by atoms with Gasteiger partial charge in [-0.15, -0.1) is 0 Å². The summed E-state index contributed by atoms with van der Waals surface area (Å²) in [6.45, 7) is 8.33. The van der Waals surface area contributed by atoms with E-state index in [4.69, 9.17) is 4.98 Å². The minimum Gasteiger partial charge on any atom is -0.390 e. The summed E-state index contributed by atoms with van der Waals surface area (Å²) in [5.41, 5.74) is 1.91. The lowest BCUT2D eigenvalue weighted by atomic mass is 9.69. The fourth-order valence-corrected chi connectivity index (χ4v) is 4.24. The van der Waals surface area contributed by atoms with Gasteiger partial charge in [0.25, 0.3) is 0 Å². The minimum absolute atomic E-state index is 0.420. The zero-order valence-corrected chi connectivity index (χ0v) is 12.9. The van der Waals surface area contributed by atoms with Crippen molar-refractivity contribution in [2.75, 3.05) is 18.0 Å². The average molecular weight is 274 g/mol. The monoisotopic (exact) mass is 274 g/mol. The van der Waals surface area contributed by atoms with E-state index in [1.165, 1.54) is 18.4 Å². The quantitative estimate of drug-likeness (QED) is 0.900. The molecule has 2 aliphatic rings. The molecule has 110 valence electrons. The third kappa shape index (κ3) is 2.32. The SMILES string of the molecule is CC[C@@]1(O)CCC[C@@H]2CN(c3cc(C)cc(C)n3)C[C@@H]21. The van der Waals surface area contributed by atoms with Gasteiger partial charge in [-0.1, -0.05) is 13.3 Å². The van der Waals surface area contributed by atoms with Gasteiger partial charge in [0.1, 0.15) is 5.82 Å². The number of nitrogens with zero attached hydrogens (tertiary/aromatic N) is 2. The van der Waals surface area contributed by atoms with E-state index in [-0.39, 0.29) is 0 Å². The Morgan fingerprint density at radius 2 is 2.15 bits per heavy atom. The lowest BCUT2D eigenvalue weighted by Crippen LogP contribution is -2.44. The van der Waals surface area contributed by atoms with Gasteiger partial charge >= 0.3 is 0 Å². The van der Waals surface area contributed by atoms with Crippen molar-refractivity contribution in [3.05, 3.63) is 23.4 Å². The average Bonchev–Trinajstić information content (AvgIpc) is 2.83. The van der Waals surface area contributed by atoms with E-state index in [0.717, 1.165) is 37.4 Å². The van der Waals surface area contributed by atoms with Gasteiger partial charge in [-0.2, -0.15) is 0 Å². The van der Waals surface area contributed by atoms with Gasteiger partial charge in [0, 0.05) is 24.7 Å². The first kappa shape index (κ1) is 13.9. The standard InChI is InChI=1S/C17H26N2O/c1-4-17(20)7-5-6-14-10-19(11-15(14)17)16-9-12(2)8-13(3)18-16/h8-9,14-15,20H,4-7,10-11H2,1-3H3/t14-,15+,17-/m1/s1. The number of hydrogen-bond donors (Lipinski definition) is 1. The van der Waals surface area contributed by atoms with Gasteiger partial charge in [-0.05, 0) is 56.7 Å². The lowest BCUT2D eigenvalue weighted by Gasteiger charge is -2.40. The molecule has 2 fully saturated rings. The highest BCUT2D eigenvalue weighted by Crippen LogP contribution is 2.45. The molecular weight excluding hydrogens is 248 g/mol. The molecule has 1 aromatic heterocycles. The van der Waals surface area contributed by atoms with E-state index in [9.17, 15) is 5.11 Å². The first-order valence-electron chi connectivity index (χ1n) is 7.94. The number of hydrogen-bond acceptors (Lipinski definition) is 3. The fourth-order valence-electron chi connectivity index (χ4n) is 4.24. The maximum Gasteiger partial charge on any atom is 0.129 e. The third-order valence-electron chi connectivity index (χ3n) is 5.34. The summed E-state index contributed by atoms with van der Waals surface area (Å²) in [5.74, 6) is 2.15. The van der Waals surface area contributed by atoms with E-state index in [0.29, 0.717) is 11.8 Å². The van der Waals surface area contributed by atoms with Crippen LogP contribution in [0.15, 0.2) is 12.1 Å². The number of anilines is 1. The van der Waals surface area contributed by atoms with Crippen molar-refractivity contribution < 1.29 is 5.11 Å². The number of aryl methyl sites for hydroxylation is 2. The first-order chi connectivity index (χ1) is 9.51. The van der Waals surface area contributed by atoms with E-state index in [2.05, 4.69) is 37.8 Å². The third-order valence-corrected chi connectivity index (χ3v) is 5.34.